The Morgan fingerprint density at radius 2 is 2.00 bits per heavy atom. The Labute approximate surface area is 91.8 Å². The molecule has 0 fully saturated rings. The third-order valence-corrected chi connectivity index (χ3v) is 1.72. The molecule has 0 spiro atoms. The van der Waals surface area contributed by atoms with Gasteiger partial charge in [0.05, 0.1) is 11.2 Å². The molecule has 1 rings (SSSR count). The van der Waals surface area contributed by atoms with E-state index in [1.165, 1.54) is 36.4 Å². The van der Waals surface area contributed by atoms with Gasteiger partial charge in [-0.25, -0.2) is 4.79 Å². The molecule has 0 bridgehead atoms. The zero-order chi connectivity index (χ0) is 12.0. The van der Waals surface area contributed by atoms with Crippen LogP contribution in [0.15, 0.2) is 43.2 Å². The second-order valence-corrected chi connectivity index (χ2v) is 2.79. The third-order valence-electron chi connectivity index (χ3n) is 1.72. The van der Waals surface area contributed by atoms with Crippen molar-refractivity contribution in [3.05, 3.63) is 58.9 Å². The van der Waals surface area contributed by atoms with Crippen molar-refractivity contribution >= 4 is 17.7 Å². The van der Waals surface area contributed by atoms with Crippen LogP contribution in [0, 0.1) is 10.1 Å². The number of carbonyl (C=O) groups excluding carboxylic acids is 1. The number of non-ortho nitro benzene ring substituents is 1. The van der Waals surface area contributed by atoms with Crippen LogP contribution in [0.2, 0.25) is 0 Å². The van der Waals surface area contributed by atoms with Gasteiger partial charge in [0.25, 0.3) is 5.69 Å². The molecule has 0 aromatic heterocycles. The molecule has 5 nitrogen and oxygen atoms in total. The fourth-order valence-electron chi connectivity index (χ4n) is 0.993. The molecule has 1 aromatic carbocycles. The summed E-state index contributed by atoms with van der Waals surface area (Å²) in [6, 6.07) is 5.79. The highest BCUT2D eigenvalue weighted by Crippen LogP contribution is 2.12. The van der Waals surface area contributed by atoms with Gasteiger partial charge < -0.3 is 4.74 Å². The van der Waals surface area contributed by atoms with E-state index >= 15 is 0 Å². The molecule has 0 aliphatic heterocycles. The monoisotopic (exact) mass is 219 g/mol. The molecule has 82 valence electrons. The summed E-state index contributed by atoms with van der Waals surface area (Å²) in [5.74, 6) is -0.548. The van der Waals surface area contributed by atoms with Crippen LogP contribution in [0.4, 0.5) is 5.69 Å². The number of esters is 1. The molecular formula is C11H9NO4. The number of ether oxygens (including phenoxy) is 1. The van der Waals surface area contributed by atoms with Crippen LogP contribution >= 0.6 is 0 Å². The van der Waals surface area contributed by atoms with Crippen molar-refractivity contribution in [2.45, 2.75) is 0 Å². The van der Waals surface area contributed by atoms with Gasteiger partial charge >= 0.3 is 5.97 Å². The lowest BCUT2D eigenvalue weighted by Gasteiger charge is -1.93. The van der Waals surface area contributed by atoms with E-state index in [1.807, 2.05) is 0 Å². The highest BCUT2D eigenvalue weighted by Gasteiger charge is 2.02. The molecule has 0 aliphatic rings. The first-order valence-electron chi connectivity index (χ1n) is 4.37. The number of rotatable bonds is 4. The molecule has 0 N–H and O–H groups in total. The van der Waals surface area contributed by atoms with Crippen molar-refractivity contribution in [1.29, 1.82) is 0 Å². The molecule has 1 aromatic rings. The summed E-state index contributed by atoms with van der Waals surface area (Å²) in [4.78, 5) is 20.8. The lowest BCUT2D eigenvalue weighted by molar-refractivity contribution is -0.384. The molecular weight excluding hydrogens is 210 g/mol. The molecule has 0 heterocycles. The zero-order valence-corrected chi connectivity index (χ0v) is 8.33. The minimum atomic E-state index is -0.548. The number of nitro groups is 1. The van der Waals surface area contributed by atoms with Crippen LogP contribution in [-0.2, 0) is 9.53 Å². The van der Waals surface area contributed by atoms with Gasteiger partial charge in [-0.3, -0.25) is 10.1 Å². The Morgan fingerprint density at radius 1 is 1.38 bits per heavy atom. The Kier molecular flexibility index (Phi) is 3.97. The van der Waals surface area contributed by atoms with E-state index in [-0.39, 0.29) is 5.69 Å². The summed E-state index contributed by atoms with van der Waals surface area (Å²) in [6.07, 6.45) is 3.74. The lowest BCUT2D eigenvalue weighted by Crippen LogP contribution is -1.92. The fourth-order valence-corrected chi connectivity index (χ4v) is 0.993. The Bertz CT molecular complexity index is 434. The van der Waals surface area contributed by atoms with Crippen molar-refractivity contribution in [2.75, 3.05) is 0 Å². The van der Waals surface area contributed by atoms with Crippen molar-refractivity contribution in [3.63, 3.8) is 0 Å². The van der Waals surface area contributed by atoms with Crippen LogP contribution in [0.3, 0.4) is 0 Å². The molecule has 0 amide bonds. The van der Waals surface area contributed by atoms with Crippen molar-refractivity contribution in [3.8, 4) is 0 Å². The molecule has 5 heteroatoms. The number of hydrogen-bond acceptors (Lipinski definition) is 4. The van der Waals surface area contributed by atoms with Gasteiger partial charge in [-0.05, 0) is 23.8 Å². The van der Waals surface area contributed by atoms with Gasteiger partial charge in [0, 0.05) is 18.2 Å². The highest BCUT2D eigenvalue weighted by atomic mass is 16.6. The van der Waals surface area contributed by atoms with Crippen LogP contribution in [0.25, 0.3) is 6.08 Å². The normalized spacial score (nSPS) is 10.0. The Morgan fingerprint density at radius 3 is 2.50 bits per heavy atom. The lowest BCUT2D eigenvalue weighted by atomic mass is 10.2. The molecule has 0 aliphatic carbocycles. The first-order chi connectivity index (χ1) is 7.63. The average molecular weight is 219 g/mol. The minimum absolute atomic E-state index is 0.00539. The maximum absolute atomic E-state index is 10.9. The Balaban J connectivity index is 2.72. The van der Waals surface area contributed by atoms with Gasteiger partial charge in [0.1, 0.15) is 0 Å². The smallest absolute Gasteiger partial charge is 0.335 e. The van der Waals surface area contributed by atoms with Gasteiger partial charge in [0.2, 0.25) is 0 Å². The minimum Gasteiger partial charge on any atom is -0.432 e. The van der Waals surface area contributed by atoms with Crippen molar-refractivity contribution in [1.82, 2.24) is 0 Å². The van der Waals surface area contributed by atoms with Crippen LogP contribution in [0.5, 0.6) is 0 Å². The third kappa shape index (κ3) is 3.38. The number of benzene rings is 1. The summed E-state index contributed by atoms with van der Waals surface area (Å²) in [5.41, 5.74) is 0.678. The maximum Gasteiger partial charge on any atom is 0.335 e. The summed E-state index contributed by atoms with van der Waals surface area (Å²) in [5, 5.41) is 10.4. The second-order valence-electron chi connectivity index (χ2n) is 2.79. The zero-order valence-electron chi connectivity index (χ0n) is 8.33. The summed E-state index contributed by atoms with van der Waals surface area (Å²) in [6.45, 7) is 3.23. The molecule has 16 heavy (non-hydrogen) atoms. The van der Waals surface area contributed by atoms with E-state index in [0.717, 1.165) is 6.26 Å². The van der Waals surface area contributed by atoms with Gasteiger partial charge in [-0.2, -0.15) is 0 Å². The van der Waals surface area contributed by atoms with Crippen molar-refractivity contribution in [2.24, 2.45) is 0 Å². The van der Waals surface area contributed by atoms with Crippen LogP contribution in [-0.4, -0.2) is 10.9 Å². The topological polar surface area (TPSA) is 69.4 Å². The number of hydrogen-bond donors (Lipinski definition) is 0. The first-order valence-corrected chi connectivity index (χ1v) is 4.37. The molecule has 0 saturated heterocycles. The predicted molar refractivity (Wildman–Crippen MR) is 58.4 cm³/mol. The second kappa shape index (κ2) is 5.45. The predicted octanol–water partition coefficient (Wildman–Crippen LogP) is 2.29. The van der Waals surface area contributed by atoms with Crippen LogP contribution < -0.4 is 0 Å². The fraction of sp³-hybridized carbons (Fsp3) is 0. The van der Waals surface area contributed by atoms with E-state index in [2.05, 4.69) is 11.3 Å². The first kappa shape index (κ1) is 11.6. The number of nitrogens with zero attached hydrogens (tertiary/aromatic N) is 1. The molecule has 0 saturated carbocycles. The van der Waals surface area contributed by atoms with E-state index < -0.39 is 10.9 Å². The summed E-state index contributed by atoms with van der Waals surface area (Å²) in [7, 11) is 0. The molecule has 0 unspecified atom stereocenters. The van der Waals surface area contributed by atoms with E-state index in [1.54, 1.807) is 0 Å². The highest BCUT2D eigenvalue weighted by molar-refractivity contribution is 5.87. The van der Waals surface area contributed by atoms with E-state index in [0.29, 0.717) is 5.56 Å². The quantitative estimate of drug-likeness (QED) is 0.256. The maximum atomic E-state index is 10.9. The van der Waals surface area contributed by atoms with Gasteiger partial charge in [-0.15, -0.1) is 0 Å². The number of nitro benzene ring substituents is 1. The van der Waals surface area contributed by atoms with Gasteiger partial charge in [-0.1, -0.05) is 6.58 Å². The van der Waals surface area contributed by atoms with Crippen LogP contribution in [0.1, 0.15) is 5.56 Å². The summed E-state index contributed by atoms with van der Waals surface area (Å²) < 4.78 is 4.46. The average Bonchev–Trinajstić information content (AvgIpc) is 2.27. The largest absolute Gasteiger partial charge is 0.432 e. The van der Waals surface area contributed by atoms with E-state index in [9.17, 15) is 14.9 Å². The molecule has 0 radical (unpaired) electrons. The SMILES string of the molecule is C=COC(=O)C=Cc1ccc([N+](=O)[O-])cc1. The molecule has 0 atom stereocenters. The van der Waals surface area contributed by atoms with E-state index in [4.69, 9.17) is 0 Å². The standard InChI is InChI=1S/C11H9NO4/c1-2-16-11(13)8-5-9-3-6-10(7-4-9)12(14)15/h2-8H,1H2. The van der Waals surface area contributed by atoms with Gasteiger partial charge in [0.15, 0.2) is 0 Å². The number of carbonyl (C=O) groups is 1. The van der Waals surface area contributed by atoms with Crippen molar-refractivity contribution < 1.29 is 14.5 Å². The summed E-state index contributed by atoms with van der Waals surface area (Å²) >= 11 is 0. The Hall–Kier alpha value is -2.43.